The molecule has 2 saturated heterocycles. The Balaban J connectivity index is 1.34. The normalized spacial score (nSPS) is 18.7. The number of nitrogens with zero attached hydrogens (tertiary/aromatic N) is 4. The summed E-state index contributed by atoms with van der Waals surface area (Å²) in [7, 11) is -3.74. The number of piperazine rings is 1. The Kier molecular flexibility index (Phi) is 7.70. The van der Waals surface area contributed by atoms with Crippen LogP contribution in [0.4, 0.5) is 17.1 Å². The number of nitro groups is 1. The van der Waals surface area contributed by atoms with Crippen LogP contribution in [-0.2, 0) is 10.0 Å². The number of hydrogen-bond acceptors (Lipinski definition) is 7. The first-order valence-corrected chi connectivity index (χ1v) is 13.3. The molecule has 2 heterocycles. The van der Waals surface area contributed by atoms with Crippen molar-refractivity contribution in [2.75, 3.05) is 62.6 Å². The molecular weight excluding hydrogens is 454 g/mol. The van der Waals surface area contributed by atoms with Crippen molar-refractivity contribution in [1.82, 2.24) is 9.21 Å². The van der Waals surface area contributed by atoms with Crippen molar-refractivity contribution in [3.63, 3.8) is 0 Å². The highest BCUT2D eigenvalue weighted by Crippen LogP contribution is 2.30. The van der Waals surface area contributed by atoms with Crippen molar-refractivity contribution in [3.05, 3.63) is 58.6 Å². The number of sulfonamides is 1. The van der Waals surface area contributed by atoms with Crippen molar-refractivity contribution in [2.45, 2.75) is 24.7 Å². The van der Waals surface area contributed by atoms with Gasteiger partial charge in [0, 0.05) is 64.1 Å². The third-order valence-electron chi connectivity index (χ3n) is 6.78. The number of nitro benzene ring substituents is 1. The van der Waals surface area contributed by atoms with Crippen LogP contribution in [0.25, 0.3) is 0 Å². The smallest absolute Gasteiger partial charge is 0.293 e. The fourth-order valence-corrected chi connectivity index (χ4v) is 6.05. The number of para-hydroxylation sites is 1. The Hall–Kier alpha value is -2.69. The summed E-state index contributed by atoms with van der Waals surface area (Å²) in [5, 5.41) is 14.8. The molecule has 2 aliphatic heterocycles. The molecule has 2 aromatic rings. The van der Waals surface area contributed by atoms with E-state index in [2.05, 4.69) is 34.2 Å². The molecule has 1 N–H and O–H groups in total. The van der Waals surface area contributed by atoms with Gasteiger partial charge in [0.25, 0.3) is 5.69 Å². The van der Waals surface area contributed by atoms with Gasteiger partial charge >= 0.3 is 0 Å². The van der Waals surface area contributed by atoms with E-state index in [0.717, 1.165) is 45.6 Å². The summed E-state index contributed by atoms with van der Waals surface area (Å²) in [5.41, 5.74) is 1.37. The zero-order valence-corrected chi connectivity index (χ0v) is 20.4. The molecule has 0 unspecified atom stereocenters. The predicted octanol–water partition coefficient (Wildman–Crippen LogP) is 3.25. The summed E-state index contributed by atoms with van der Waals surface area (Å²) in [6.45, 7) is 8.03. The van der Waals surface area contributed by atoms with Crippen LogP contribution in [0.3, 0.4) is 0 Å². The molecule has 2 fully saturated rings. The maximum atomic E-state index is 13.0. The first-order chi connectivity index (χ1) is 16.3. The van der Waals surface area contributed by atoms with Gasteiger partial charge in [-0.2, -0.15) is 4.31 Å². The lowest BCUT2D eigenvalue weighted by atomic mass is 10.0. The highest BCUT2D eigenvalue weighted by molar-refractivity contribution is 7.89. The Morgan fingerprint density at radius 1 is 1.00 bits per heavy atom. The zero-order chi connectivity index (χ0) is 24.1. The molecule has 184 valence electrons. The van der Waals surface area contributed by atoms with Crippen LogP contribution in [0, 0.1) is 16.0 Å². The van der Waals surface area contributed by atoms with Crippen LogP contribution in [0.2, 0.25) is 0 Å². The second-order valence-corrected chi connectivity index (χ2v) is 11.1. The molecule has 9 nitrogen and oxygen atoms in total. The molecule has 0 atom stereocenters. The van der Waals surface area contributed by atoms with E-state index in [-0.39, 0.29) is 10.6 Å². The van der Waals surface area contributed by atoms with E-state index in [1.165, 1.54) is 28.2 Å². The molecule has 2 aliphatic rings. The number of nitrogens with one attached hydrogen (secondary N) is 1. The molecule has 34 heavy (non-hydrogen) atoms. The van der Waals surface area contributed by atoms with E-state index in [1.807, 2.05) is 18.2 Å². The van der Waals surface area contributed by atoms with Crippen molar-refractivity contribution in [3.8, 4) is 0 Å². The number of anilines is 2. The monoisotopic (exact) mass is 487 g/mol. The Labute approximate surface area is 201 Å². The van der Waals surface area contributed by atoms with Crippen molar-refractivity contribution in [2.24, 2.45) is 5.92 Å². The van der Waals surface area contributed by atoms with Gasteiger partial charge in [0.1, 0.15) is 5.69 Å². The summed E-state index contributed by atoms with van der Waals surface area (Å²) in [5.74, 6) is 0.494. The van der Waals surface area contributed by atoms with Gasteiger partial charge in [-0.15, -0.1) is 0 Å². The molecule has 0 saturated carbocycles. The molecule has 0 amide bonds. The minimum Gasteiger partial charge on any atom is -0.378 e. The van der Waals surface area contributed by atoms with E-state index in [0.29, 0.717) is 31.2 Å². The maximum Gasteiger partial charge on any atom is 0.293 e. The van der Waals surface area contributed by atoms with Crippen LogP contribution in [-0.4, -0.2) is 74.9 Å². The minimum atomic E-state index is -3.74. The Morgan fingerprint density at radius 3 is 2.32 bits per heavy atom. The van der Waals surface area contributed by atoms with Crippen LogP contribution >= 0.6 is 0 Å². The molecule has 0 radical (unpaired) electrons. The number of piperidine rings is 1. The summed E-state index contributed by atoms with van der Waals surface area (Å²) < 4.78 is 27.4. The summed E-state index contributed by atoms with van der Waals surface area (Å²) in [6, 6.07) is 14.5. The highest BCUT2D eigenvalue weighted by atomic mass is 32.2. The Morgan fingerprint density at radius 2 is 1.68 bits per heavy atom. The lowest BCUT2D eigenvalue weighted by Gasteiger charge is -2.36. The quantitative estimate of drug-likeness (QED) is 0.451. The third kappa shape index (κ3) is 5.68. The predicted molar refractivity (Wildman–Crippen MR) is 134 cm³/mol. The van der Waals surface area contributed by atoms with Crippen molar-refractivity contribution < 1.29 is 13.3 Å². The molecule has 0 bridgehead atoms. The fourth-order valence-electron chi connectivity index (χ4n) is 4.56. The molecule has 10 heteroatoms. The van der Waals surface area contributed by atoms with E-state index in [1.54, 1.807) is 0 Å². The largest absolute Gasteiger partial charge is 0.378 e. The fraction of sp³-hybridized carbons (Fsp3) is 0.500. The van der Waals surface area contributed by atoms with E-state index < -0.39 is 14.9 Å². The second-order valence-electron chi connectivity index (χ2n) is 9.11. The Bertz CT molecular complexity index is 1080. The second kappa shape index (κ2) is 10.7. The topological polar surface area (TPSA) is 99.0 Å². The molecule has 0 aliphatic carbocycles. The van der Waals surface area contributed by atoms with Crippen LogP contribution in [0.1, 0.15) is 19.8 Å². The molecule has 2 aromatic carbocycles. The van der Waals surface area contributed by atoms with Crippen molar-refractivity contribution >= 4 is 27.1 Å². The summed E-state index contributed by atoms with van der Waals surface area (Å²) in [4.78, 5) is 15.9. The van der Waals surface area contributed by atoms with Gasteiger partial charge in [-0.1, -0.05) is 25.1 Å². The van der Waals surface area contributed by atoms with E-state index in [4.69, 9.17) is 0 Å². The standard InChI is InChI=1S/C24H33N5O4S/c1-20-9-12-28(13-10-20)34(32,33)22-7-8-23(24(19-22)29(30)31)25-11-14-26-15-17-27(18-16-26)21-5-3-2-4-6-21/h2-8,19-20,25H,9-18H2,1H3. The van der Waals surface area contributed by atoms with Gasteiger partial charge < -0.3 is 10.2 Å². The summed E-state index contributed by atoms with van der Waals surface area (Å²) in [6.07, 6.45) is 1.61. The van der Waals surface area contributed by atoms with Gasteiger partial charge in [0.05, 0.1) is 9.82 Å². The summed E-state index contributed by atoms with van der Waals surface area (Å²) >= 11 is 0. The SMILES string of the molecule is CC1CCN(S(=O)(=O)c2ccc(NCCN3CCN(c4ccccc4)CC3)c([N+](=O)[O-])c2)CC1. The first kappa shape index (κ1) is 24.4. The van der Waals surface area contributed by atoms with Gasteiger partial charge in [-0.3, -0.25) is 15.0 Å². The molecule has 0 aromatic heterocycles. The highest BCUT2D eigenvalue weighted by Gasteiger charge is 2.30. The van der Waals surface area contributed by atoms with Crippen LogP contribution in [0.5, 0.6) is 0 Å². The minimum absolute atomic E-state index is 0.0173. The van der Waals surface area contributed by atoms with Gasteiger partial charge in [-0.25, -0.2) is 8.42 Å². The van der Waals surface area contributed by atoms with Crippen molar-refractivity contribution in [1.29, 1.82) is 0 Å². The van der Waals surface area contributed by atoms with Gasteiger partial charge in [0.15, 0.2) is 0 Å². The number of benzene rings is 2. The lowest BCUT2D eigenvalue weighted by molar-refractivity contribution is -0.384. The first-order valence-electron chi connectivity index (χ1n) is 11.9. The van der Waals surface area contributed by atoms with Gasteiger partial charge in [-0.05, 0) is 43.0 Å². The van der Waals surface area contributed by atoms with Gasteiger partial charge in [0.2, 0.25) is 10.0 Å². The zero-order valence-electron chi connectivity index (χ0n) is 19.6. The number of rotatable bonds is 8. The van der Waals surface area contributed by atoms with Crippen LogP contribution < -0.4 is 10.2 Å². The average molecular weight is 488 g/mol. The van der Waals surface area contributed by atoms with E-state index >= 15 is 0 Å². The maximum absolute atomic E-state index is 13.0. The lowest BCUT2D eigenvalue weighted by Crippen LogP contribution is -2.47. The number of hydrogen-bond donors (Lipinski definition) is 1. The average Bonchev–Trinajstić information content (AvgIpc) is 2.85. The van der Waals surface area contributed by atoms with E-state index in [9.17, 15) is 18.5 Å². The third-order valence-corrected chi connectivity index (χ3v) is 8.68. The molecule has 0 spiro atoms. The molecule has 4 rings (SSSR count). The molecular formula is C24H33N5O4S. The van der Waals surface area contributed by atoms with Crippen LogP contribution in [0.15, 0.2) is 53.4 Å².